The summed E-state index contributed by atoms with van der Waals surface area (Å²) in [5.74, 6) is 0.745. The van der Waals surface area contributed by atoms with E-state index in [-0.39, 0.29) is 24.6 Å². The Bertz CT molecular complexity index is 407. The van der Waals surface area contributed by atoms with E-state index in [9.17, 15) is 5.11 Å². The molecule has 0 aromatic heterocycles. The SMILES string of the molecule is Cc1cc(OCC(O)CNC(C)(C)C)cc(C)c1Cl.[Cl-]. The highest BCUT2D eigenvalue weighted by Crippen LogP contribution is 2.25. The second kappa shape index (κ2) is 8.08. The van der Waals surface area contributed by atoms with Crippen LogP contribution in [-0.2, 0) is 0 Å². The summed E-state index contributed by atoms with van der Waals surface area (Å²) in [7, 11) is 0. The summed E-state index contributed by atoms with van der Waals surface area (Å²) in [6.45, 7) is 10.9. The Morgan fingerprint density at radius 1 is 1.25 bits per heavy atom. The number of rotatable bonds is 5. The van der Waals surface area contributed by atoms with Crippen LogP contribution in [0.25, 0.3) is 0 Å². The number of hydrogen-bond donors (Lipinski definition) is 2. The van der Waals surface area contributed by atoms with E-state index in [4.69, 9.17) is 16.3 Å². The van der Waals surface area contributed by atoms with Crippen molar-refractivity contribution in [1.29, 1.82) is 0 Å². The van der Waals surface area contributed by atoms with Crippen LogP contribution in [0.4, 0.5) is 0 Å². The number of aryl methyl sites for hydroxylation is 2. The first-order chi connectivity index (χ1) is 8.69. The maximum absolute atomic E-state index is 9.85. The summed E-state index contributed by atoms with van der Waals surface area (Å²) in [6, 6.07) is 3.78. The van der Waals surface area contributed by atoms with Crippen molar-refractivity contribution in [2.75, 3.05) is 13.2 Å². The normalized spacial score (nSPS) is 12.8. The molecule has 1 unspecified atom stereocenters. The maximum Gasteiger partial charge on any atom is 0.120 e. The van der Waals surface area contributed by atoms with Gasteiger partial charge in [-0.2, -0.15) is 0 Å². The lowest BCUT2D eigenvalue weighted by Gasteiger charge is -2.23. The molecule has 5 heteroatoms. The predicted octanol–water partition coefficient (Wildman–Crippen LogP) is 0.0886. The molecule has 0 spiro atoms. The Morgan fingerprint density at radius 2 is 1.75 bits per heavy atom. The first-order valence-corrected chi connectivity index (χ1v) is 6.89. The van der Waals surface area contributed by atoms with Crippen molar-refractivity contribution in [2.45, 2.75) is 46.3 Å². The van der Waals surface area contributed by atoms with E-state index in [1.165, 1.54) is 0 Å². The standard InChI is InChI=1S/C15H24ClNO2.ClH/c1-10-6-13(7-11(2)14(10)16)19-9-12(18)8-17-15(3,4)5;/h6-7,12,17-18H,8-9H2,1-5H3;1H/p-1. The molecule has 116 valence electrons. The number of aliphatic hydroxyl groups is 1. The highest BCUT2D eigenvalue weighted by molar-refractivity contribution is 6.32. The molecule has 0 saturated heterocycles. The van der Waals surface area contributed by atoms with Gasteiger partial charge in [-0.3, -0.25) is 0 Å². The fourth-order valence-electron chi connectivity index (χ4n) is 1.66. The minimum absolute atomic E-state index is 0. The van der Waals surface area contributed by atoms with Crippen LogP contribution in [0, 0.1) is 13.8 Å². The smallest absolute Gasteiger partial charge is 0.120 e. The number of benzene rings is 1. The fourth-order valence-corrected chi connectivity index (χ4v) is 1.77. The van der Waals surface area contributed by atoms with Crippen LogP contribution in [0.3, 0.4) is 0 Å². The summed E-state index contributed by atoms with van der Waals surface area (Å²) in [6.07, 6.45) is -0.532. The second-order valence-corrected chi connectivity index (χ2v) is 6.34. The van der Waals surface area contributed by atoms with Crippen LogP contribution in [0.15, 0.2) is 12.1 Å². The van der Waals surface area contributed by atoms with Gasteiger partial charge < -0.3 is 27.6 Å². The highest BCUT2D eigenvalue weighted by Gasteiger charge is 2.13. The van der Waals surface area contributed by atoms with Crippen molar-refractivity contribution in [3.05, 3.63) is 28.3 Å². The van der Waals surface area contributed by atoms with E-state index in [1.54, 1.807) is 0 Å². The molecular formula is C15H24Cl2NO2-. The number of hydrogen-bond acceptors (Lipinski definition) is 3. The van der Waals surface area contributed by atoms with Gasteiger partial charge in [-0.25, -0.2) is 0 Å². The zero-order chi connectivity index (χ0) is 14.6. The Labute approximate surface area is 133 Å². The quantitative estimate of drug-likeness (QED) is 0.808. The molecule has 2 N–H and O–H groups in total. The molecule has 1 aromatic rings. The number of aliphatic hydroxyl groups excluding tert-OH is 1. The van der Waals surface area contributed by atoms with E-state index in [1.807, 2.05) is 26.0 Å². The van der Waals surface area contributed by atoms with Gasteiger partial charge in [-0.1, -0.05) is 11.6 Å². The lowest BCUT2D eigenvalue weighted by Crippen LogP contribution is -3.00. The summed E-state index contributed by atoms with van der Waals surface area (Å²) in [5.41, 5.74) is 1.96. The van der Waals surface area contributed by atoms with E-state index < -0.39 is 6.10 Å². The Kier molecular flexibility index (Phi) is 7.89. The van der Waals surface area contributed by atoms with Crippen molar-refractivity contribution < 1.29 is 22.3 Å². The second-order valence-electron chi connectivity index (χ2n) is 5.97. The summed E-state index contributed by atoms with van der Waals surface area (Å²) in [4.78, 5) is 0. The number of β-amino-alcohol motifs (C(OH)–C–C–N with tert-alkyl or cyclic N) is 1. The topological polar surface area (TPSA) is 41.5 Å². The molecule has 0 heterocycles. The lowest BCUT2D eigenvalue weighted by molar-refractivity contribution is -0.00000628. The molecule has 0 saturated carbocycles. The van der Waals surface area contributed by atoms with Crippen molar-refractivity contribution in [2.24, 2.45) is 0 Å². The summed E-state index contributed by atoms with van der Waals surface area (Å²) in [5, 5.41) is 13.9. The van der Waals surface area contributed by atoms with Crippen LogP contribution in [-0.4, -0.2) is 29.9 Å². The van der Waals surface area contributed by atoms with Gasteiger partial charge in [-0.05, 0) is 57.9 Å². The molecule has 20 heavy (non-hydrogen) atoms. The van der Waals surface area contributed by atoms with Crippen molar-refractivity contribution in [1.82, 2.24) is 5.32 Å². The largest absolute Gasteiger partial charge is 1.00 e. The van der Waals surface area contributed by atoms with Gasteiger partial charge in [0.05, 0.1) is 0 Å². The molecule has 0 aliphatic heterocycles. The third-order valence-corrected chi connectivity index (χ3v) is 3.32. The van der Waals surface area contributed by atoms with Gasteiger partial charge in [-0.15, -0.1) is 0 Å². The monoisotopic (exact) mass is 320 g/mol. The molecule has 0 fully saturated rings. The van der Waals surface area contributed by atoms with Gasteiger partial charge in [0, 0.05) is 17.1 Å². The zero-order valence-electron chi connectivity index (χ0n) is 12.8. The average Bonchev–Trinajstić information content (AvgIpc) is 2.29. The van der Waals surface area contributed by atoms with Gasteiger partial charge in [0.1, 0.15) is 18.5 Å². The van der Waals surface area contributed by atoms with Gasteiger partial charge in [0.15, 0.2) is 0 Å². The average molecular weight is 321 g/mol. The van der Waals surface area contributed by atoms with Crippen LogP contribution in [0.5, 0.6) is 5.75 Å². The molecule has 3 nitrogen and oxygen atoms in total. The molecule has 1 aromatic carbocycles. The zero-order valence-corrected chi connectivity index (χ0v) is 14.3. The minimum Gasteiger partial charge on any atom is -1.00 e. The minimum atomic E-state index is -0.532. The molecule has 0 aliphatic carbocycles. The van der Waals surface area contributed by atoms with Crippen molar-refractivity contribution in [3.8, 4) is 5.75 Å². The van der Waals surface area contributed by atoms with Crippen molar-refractivity contribution >= 4 is 11.6 Å². The van der Waals surface area contributed by atoms with Crippen LogP contribution in [0.1, 0.15) is 31.9 Å². The molecular weight excluding hydrogens is 297 g/mol. The van der Waals surface area contributed by atoms with Gasteiger partial charge in [0.2, 0.25) is 0 Å². The summed E-state index contributed by atoms with van der Waals surface area (Å²) >= 11 is 6.10. The van der Waals surface area contributed by atoms with Gasteiger partial charge in [0.25, 0.3) is 0 Å². The number of halogens is 2. The Balaban J connectivity index is 0.00000361. The maximum atomic E-state index is 9.85. The van der Waals surface area contributed by atoms with Crippen LogP contribution >= 0.6 is 11.6 Å². The van der Waals surface area contributed by atoms with Gasteiger partial charge >= 0.3 is 0 Å². The van der Waals surface area contributed by atoms with E-state index in [2.05, 4.69) is 26.1 Å². The molecule has 1 atom stereocenters. The van der Waals surface area contributed by atoms with Crippen LogP contribution in [0.2, 0.25) is 5.02 Å². The third kappa shape index (κ3) is 6.80. The first kappa shape index (κ1) is 19.5. The number of nitrogens with one attached hydrogen (secondary N) is 1. The lowest BCUT2D eigenvalue weighted by atomic mass is 10.1. The number of ether oxygens (including phenoxy) is 1. The first-order valence-electron chi connectivity index (χ1n) is 6.51. The molecule has 0 aliphatic rings. The Hall–Kier alpha value is -0.480. The van der Waals surface area contributed by atoms with Crippen molar-refractivity contribution in [3.63, 3.8) is 0 Å². The summed E-state index contributed by atoms with van der Waals surface area (Å²) < 4.78 is 5.60. The van der Waals surface area contributed by atoms with E-state index >= 15 is 0 Å². The molecule has 0 radical (unpaired) electrons. The third-order valence-electron chi connectivity index (χ3n) is 2.72. The highest BCUT2D eigenvalue weighted by atomic mass is 35.5. The predicted molar refractivity (Wildman–Crippen MR) is 80.2 cm³/mol. The van der Waals surface area contributed by atoms with E-state index in [0.29, 0.717) is 6.54 Å². The molecule has 0 bridgehead atoms. The molecule has 0 amide bonds. The van der Waals surface area contributed by atoms with E-state index in [0.717, 1.165) is 21.9 Å². The molecule has 1 rings (SSSR count). The Morgan fingerprint density at radius 3 is 2.20 bits per heavy atom. The fraction of sp³-hybridized carbons (Fsp3) is 0.600. The van der Waals surface area contributed by atoms with Crippen LogP contribution < -0.4 is 22.5 Å².